The van der Waals surface area contributed by atoms with Crippen LogP contribution in [-0.2, 0) is 48.0 Å². The third kappa shape index (κ3) is 12.5. The topological polar surface area (TPSA) is 256 Å². The minimum Gasteiger partial charge on any atom is -0.361 e. The lowest BCUT2D eigenvalue weighted by Gasteiger charge is -2.26. The fraction of sp³-hybridized carbons (Fsp3) is 0.333. The zero-order chi connectivity index (χ0) is 43.2. The van der Waals surface area contributed by atoms with Gasteiger partial charge in [-0.1, -0.05) is 91.0 Å². The Morgan fingerprint density at radius 3 is 1.93 bits per heavy atom. The van der Waals surface area contributed by atoms with E-state index < -0.39 is 71.7 Å². The molecule has 1 aromatic heterocycles. The highest BCUT2D eigenvalue weighted by molar-refractivity contribution is 6.02. The Kier molecular flexibility index (Phi) is 16.0. The first-order valence-electron chi connectivity index (χ1n) is 20.2. The van der Waals surface area contributed by atoms with Crippen LogP contribution in [0.3, 0.4) is 0 Å². The van der Waals surface area contributed by atoms with E-state index in [1.54, 1.807) is 30.5 Å². The van der Waals surface area contributed by atoms with Crippen LogP contribution in [0.25, 0.3) is 21.7 Å². The lowest BCUT2D eigenvalue weighted by molar-refractivity contribution is -0.136. The Labute approximate surface area is 349 Å². The molecule has 0 unspecified atom stereocenters. The second kappa shape index (κ2) is 21.5. The average Bonchev–Trinajstić information content (AvgIpc) is 3.65. The first kappa shape index (κ1) is 44.7. The Hall–Kier alpha value is -6.42. The van der Waals surface area contributed by atoms with Gasteiger partial charge in [0.2, 0.25) is 35.4 Å². The molecule has 60 heavy (non-hydrogen) atoms. The van der Waals surface area contributed by atoms with Crippen molar-refractivity contribution >= 4 is 57.1 Å². The Balaban J connectivity index is 1.34. The molecule has 15 nitrogen and oxygen atoms in total. The number of rotatable bonds is 20. The molecule has 1 heterocycles. The van der Waals surface area contributed by atoms with E-state index in [4.69, 9.17) is 17.2 Å². The highest BCUT2D eigenvalue weighted by Crippen LogP contribution is 2.20. The fourth-order valence-electron chi connectivity index (χ4n) is 6.81. The van der Waals surface area contributed by atoms with Gasteiger partial charge in [-0.15, -0.1) is 0 Å². The van der Waals surface area contributed by atoms with Crippen LogP contribution in [0.15, 0.2) is 103 Å². The van der Waals surface area contributed by atoms with E-state index in [9.17, 15) is 28.8 Å². The van der Waals surface area contributed by atoms with E-state index in [1.165, 1.54) is 13.8 Å². The van der Waals surface area contributed by atoms with Gasteiger partial charge in [0.15, 0.2) is 0 Å². The lowest BCUT2D eigenvalue weighted by Crippen LogP contribution is -2.59. The number of amides is 6. The predicted octanol–water partition coefficient (Wildman–Crippen LogP) is 1.75. The van der Waals surface area contributed by atoms with Crippen LogP contribution in [0.5, 0.6) is 0 Å². The number of imide groups is 1. The van der Waals surface area contributed by atoms with Crippen LogP contribution in [0, 0.1) is 0 Å². The first-order valence-corrected chi connectivity index (χ1v) is 20.2. The number of carbonyl (C=O) groups is 6. The minimum absolute atomic E-state index is 0.0207. The second-order valence-corrected chi connectivity index (χ2v) is 15.1. The van der Waals surface area contributed by atoms with Crippen LogP contribution >= 0.6 is 0 Å². The van der Waals surface area contributed by atoms with E-state index in [0.29, 0.717) is 24.9 Å². The fourth-order valence-corrected chi connectivity index (χ4v) is 6.81. The van der Waals surface area contributed by atoms with E-state index >= 15 is 0 Å². The summed E-state index contributed by atoms with van der Waals surface area (Å²) < 4.78 is 0. The highest BCUT2D eigenvalue weighted by atomic mass is 16.2. The maximum absolute atomic E-state index is 14.4. The number of hydrogen-bond acceptors (Lipinski definition) is 9. The van der Waals surface area contributed by atoms with Crippen molar-refractivity contribution in [3.63, 3.8) is 0 Å². The number of H-pyrrole nitrogens is 1. The van der Waals surface area contributed by atoms with Gasteiger partial charge >= 0.3 is 0 Å². The van der Waals surface area contributed by atoms with Crippen LogP contribution in [0.1, 0.15) is 49.8 Å². The van der Waals surface area contributed by atoms with Gasteiger partial charge in [-0.2, -0.15) is 0 Å². The highest BCUT2D eigenvalue weighted by Gasteiger charge is 2.32. The third-order valence-electron chi connectivity index (χ3n) is 10.2. The number of benzene rings is 4. The number of nitrogens with one attached hydrogen (secondary N) is 6. The van der Waals surface area contributed by atoms with Crippen molar-refractivity contribution < 1.29 is 28.8 Å². The molecule has 12 N–H and O–H groups in total. The molecule has 0 radical (unpaired) electrons. The largest absolute Gasteiger partial charge is 0.361 e. The first-order chi connectivity index (χ1) is 28.8. The molecule has 6 amide bonds. The van der Waals surface area contributed by atoms with Crippen molar-refractivity contribution in [1.29, 1.82) is 0 Å². The van der Waals surface area contributed by atoms with Gasteiger partial charge in [-0.3, -0.25) is 34.1 Å². The molecule has 4 aromatic carbocycles. The SMILES string of the molecule is C[C@H](N)C(=O)NC(=O)[C@H](CCCCN)NC(=O)[C@@H](Cc1ccccc1)NC(=O)[C@@H](Cc1c[nH]c2ccccc12)NC(=O)[C@@H](C)NC(=O)[C@H](N)Cc1ccc2ccccc2c1. The van der Waals surface area contributed by atoms with Crippen LogP contribution in [0.4, 0.5) is 0 Å². The molecule has 316 valence electrons. The predicted molar refractivity (Wildman–Crippen MR) is 231 cm³/mol. The van der Waals surface area contributed by atoms with Crippen LogP contribution in [0.2, 0.25) is 0 Å². The van der Waals surface area contributed by atoms with Crippen LogP contribution in [-0.4, -0.2) is 83.2 Å². The molecule has 0 aliphatic rings. The van der Waals surface area contributed by atoms with Crippen molar-refractivity contribution in [2.75, 3.05) is 6.54 Å². The Morgan fingerprint density at radius 2 is 1.22 bits per heavy atom. The Morgan fingerprint density at radius 1 is 0.583 bits per heavy atom. The summed E-state index contributed by atoms with van der Waals surface area (Å²) in [6.07, 6.45) is 3.24. The zero-order valence-corrected chi connectivity index (χ0v) is 33.9. The number of unbranched alkanes of at least 4 members (excludes halogenated alkanes) is 1. The van der Waals surface area contributed by atoms with Gasteiger partial charge in [-0.05, 0) is 79.6 Å². The van der Waals surface area contributed by atoms with Gasteiger partial charge in [-0.25, -0.2) is 0 Å². The molecule has 15 heteroatoms. The summed E-state index contributed by atoms with van der Waals surface area (Å²) in [4.78, 5) is 84.2. The van der Waals surface area contributed by atoms with Crippen molar-refractivity contribution in [2.24, 2.45) is 17.2 Å². The summed E-state index contributed by atoms with van der Waals surface area (Å²) in [6.45, 7) is 3.28. The molecule has 0 aliphatic heterocycles. The number of aromatic amines is 1. The van der Waals surface area contributed by atoms with Gasteiger partial charge in [0.1, 0.15) is 24.2 Å². The van der Waals surface area contributed by atoms with Gasteiger partial charge in [0, 0.05) is 29.9 Å². The summed E-state index contributed by atoms with van der Waals surface area (Å²) in [5.74, 6) is -4.03. The third-order valence-corrected chi connectivity index (χ3v) is 10.2. The van der Waals surface area contributed by atoms with Gasteiger partial charge in [0.25, 0.3) is 0 Å². The normalized spacial score (nSPS) is 14.2. The van der Waals surface area contributed by atoms with E-state index in [0.717, 1.165) is 32.8 Å². The van der Waals surface area contributed by atoms with Crippen molar-refractivity contribution in [3.05, 3.63) is 120 Å². The summed E-state index contributed by atoms with van der Waals surface area (Å²) in [5.41, 5.74) is 20.8. The summed E-state index contributed by atoms with van der Waals surface area (Å²) >= 11 is 0. The molecule has 0 aliphatic carbocycles. The molecule has 0 spiro atoms. The molecule has 6 atom stereocenters. The Bertz CT molecular complexity index is 2280. The van der Waals surface area contributed by atoms with Crippen molar-refractivity contribution in [3.8, 4) is 0 Å². The number of para-hydroxylation sites is 1. The molecular formula is C45H55N9O6. The standard InChI is InChI=1S/C45H55N9O6/c1-27(47)40(55)54-43(58)37(18-10-11-21-46)51-44(59)38(24-29-12-4-3-5-13-29)53-45(60)39(25-33-26-49-36-17-9-8-16-34(33)36)52-41(56)28(2)50-42(57)35(48)23-30-19-20-31-14-6-7-15-32(31)22-30/h3-9,12-17,19-20,22,26-28,35,37-39,49H,10-11,18,21,23-25,46-48H2,1-2H3,(H,50,57)(H,51,59)(H,52,56)(H,53,60)(H,54,55,58)/t27-,28+,35+,37-,38+,39+/m0/s1. The molecule has 0 saturated heterocycles. The summed E-state index contributed by atoms with van der Waals surface area (Å²) in [7, 11) is 0. The minimum atomic E-state index is -1.22. The lowest BCUT2D eigenvalue weighted by atomic mass is 10.0. The van der Waals surface area contributed by atoms with E-state index in [1.807, 2.05) is 72.8 Å². The van der Waals surface area contributed by atoms with Gasteiger partial charge in [0.05, 0.1) is 12.1 Å². The maximum Gasteiger partial charge on any atom is 0.249 e. The molecule has 5 aromatic rings. The zero-order valence-electron chi connectivity index (χ0n) is 33.9. The molecule has 0 saturated carbocycles. The monoisotopic (exact) mass is 817 g/mol. The smallest absolute Gasteiger partial charge is 0.249 e. The molecule has 0 fully saturated rings. The number of carbonyl (C=O) groups excluding carboxylic acids is 6. The summed E-state index contributed by atoms with van der Waals surface area (Å²) in [5, 5.41) is 16.2. The number of nitrogens with two attached hydrogens (primary N) is 3. The van der Waals surface area contributed by atoms with E-state index in [-0.39, 0.29) is 25.7 Å². The quantitative estimate of drug-likeness (QED) is 0.0518. The second-order valence-electron chi connectivity index (χ2n) is 15.1. The van der Waals surface area contributed by atoms with Crippen LogP contribution < -0.4 is 43.8 Å². The number of aromatic nitrogens is 1. The van der Waals surface area contributed by atoms with E-state index in [2.05, 4.69) is 31.6 Å². The average molecular weight is 818 g/mol. The summed E-state index contributed by atoms with van der Waals surface area (Å²) in [6, 6.07) is 23.6. The van der Waals surface area contributed by atoms with Crippen molar-refractivity contribution in [1.82, 2.24) is 31.6 Å². The number of hydrogen-bond donors (Lipinski definition) is 9. The number of fused-ring (bicyclic) bond motifs is 2. The molecule has 0 bridgehead atoms. The molecule has 5 rings (SSSR count). The van der Waals surface area contributed by atoms with Crippen molar-refractivity contribution in [2.45, 2.75) is 88.6 Å². The maximum atomic E-state index is 14.4. The van der Waals surface area contributed by atoms with Gasteiger partial charge < -0.3 is 43.5 Å². The molecular weight excluding hydrogens is 763 g/mol.